The van der Waals surface area contributed by atoms with Crippen LogP contribution in [0.5, 0.6) is 5.75 Å². The van der Waals surface area contributed by atoms with Gasteiger partial charge in [0.25, 0.3) is 5.91 Å². The molecule has 0 saturated heterocycles. The Labute approximate surface area is 215 Å². The maximum Gasteiger partial charge on any atom is 0.261 e. The van der Waals surface area contributed by atoms with Crippen molar-refractivity contribution in [1.82, 2.24) is 10.2 Å². The van der Waals surface area contributed by atoms with Gasteiger partial charge in [-0.05, 0) is 56.9 Å². The zero-order valence-corrected chi connectivity index (χ0v) is 22.1. The first-order chi connectivity index (χ1) is 17.3. The highest BCUT2D eigenvalue weighted by Gasteiger charge is 2.31. The van der Waals surface area contributed by atoms with Gasteiger partial charge in [0.05, 0.1) is 0 Å². The Kier molecular flexibility index (Phi) is 9.69. The van der Waals surface area contributed by atoms with E-state index >= 15 is 0 Å². The van der Waals surface area contributed by atoms with Gasteiger partial charge in [-0.25, -0.2) is 0 Å². The maximum atomic E-state index is 13.7. The molecule has 0 saturated carbocycles. The molecule has 0 heterocycles. The SMILES string of the molecule is CC[C@@H](C)NC(=O)[C@H](Cc1ccccc1)N(Cc1cccc(C)c1)C(=O)COc1ccc(C)cc1C. The molecule has 3 rings (SSSR count). The van der Waals surface area contributed by atoms with Crippen LogP contribution in [0.2, 0.25) is 0 Å². The van der Waals surface area contributed by atoms with Crippen molar-refractivity contribution < 1.29 is 14.3 Å². The summed E-state index contributed by atoms with van der Waals surface area (Å²) in [7, 11) is 0. The Bertz CT molecular complexity index is 1160. The van der Waals surface area contributed by atoms with Crippen molar-refractivity contribution in [3.63, 3.8) is 0 Å². The predicted octanol–water partition coefficient (Wildman–Crippen LogP) is 5.55. The van der Waals surface area contributed by atoms with E-state index in [1.165, 1.54) is 0 Å². The summed E-state index contributed by atoms with van der Waals surface area (Å²) in [6.07, 6.45) is 1.23. The Balaban J connectivity index is 1.92. The molecule has 2 atom stereocenters. The Morgan fingerprint density at radius 3 is 2.25 bits per heavy atom. The molecule has 3 aromatic rings. The monoisotopic (exact) mass is 486 g/mol. The number of amides is 2. The fraction of sp³-hybridized carbons (Fsp3) is 0.355. The summed E-state index contributed by atoms with van der Waals surface area (Å²) in [5, 5.41) is 3.10. The van der Waals surface area contributed by atoms with Crippen LogP contribution in [0.1, 0.15) is 48.1 Å². The molecule has 0 fully saturated rings. The fourth-order valence-electron chi connectivity index (χ4n) is 4.19. The number of hydrogen-bond acceptors (Lipinski definition) is 3. The summed E-state index contributed by atoms with van der Waals surface area (Å²) in [5.74, 6) is 0.297. The van der Waals surface area contributed by atoms with Gasteiger partial charge in [0.15, 0.2) is 6.61 Å². The lowest BCUT2D eigenvalue weighted by Crippen LogP contribution is -2.53. The number of nitrogens with one attached hydrogen (secondary N) is 1. The predicted molar refractivity (Wildman–Crippen MR) is 145 cm³/mol. The van der Waals surface area contributed by atoms with Gasteiger partial charge in [-0.3, -0.25) is 9.59 Å². The molecule has 1 N–H and O–H groups in total. The second-order valence-electron chi connectivity index (χ2n) is 9.59. The van der Waals surface area contributed by atoms with Crippen LogP contribution in [0.3, 0.4) is 0 Å². The van der Waals surface area contributed by atoms with Gasteiger partial charge < -0.3 is 15.0 Å². The van der Waals surface area contributed by atoms with Gasteiger partial charge in [0.1, 0.15) is 11.8 Å². The van der Waals surface area contributed by atoms with Crippen molar-refractivity contribution in [3.8, 4) is 5.75 Å². The lowest BCUT2D eigenvalue weighted by Gasteiger charge is -2.32. The zero-order valence-electron chi connectivity index (χ0n) is 22.1. The molecule has 0 unspecified atom stereocenters. The summed E-state index contributed by atoms with van der Waals surface area (Å²) >= 11 is 0. The number of ether oxygens (including phenoxy) is 1. The van der Waals surface area contributed by atoms with Crippen molar-refractivity contribution in [2.45, 2.75) is 66.1 Å². The first kappa shape index (κ1) is 27.0. The van der Waals surface area contributed by atoms with E-state index in [1.54, 1.807) is 4.90 Å². The topological polar surface area (TPSA) is 58.6 Å². The van der Waals surface area contributed by atoms with Crippen molar-refractivity contribution in [1.29, 1.82) is 0 Å². The molecule has 0 aliphatic rings. The number of hydrogen-bond donors (Lipinski definition) is 1. The third-order valence-electron chi connectivity index (χ3n) is 6.39. The standard InChI is InChI=1S/C31H38N2O3/c1-6-25(5)32-31(35)28(19-26-12-8-7-9-13-26)33(20-27-14-10-11-22(2)18-27)30(34)21-36-29-16-15-23(3)17-24(29)4/h7-18,25,28H,6,19-21H2,1-5H3,(H,32,35)/t25-,28+/m1/s1. The van der Waals surface area contributed by atoms with E-state index in [9.17, 15) is 9.59 Å². The molecule has 0 spiro atoms. The van der Waals surface area contributed by atoms with E-state index in [0.717, 1.165) is 34.2 Å². The number of aryl methyl sites for hydroxylation is 3. The molecule has 0 aromatic heterocycles. The molecular formula is C31H38N2O3. The van der Waals surface area contributed by atoms with E-state index in [1.807, 2.05) is 101 Å². The molecule has 36 heavy (non-hydrogen) atoms. The van der Waals surface area contributed by atoms with E-state index < -0.39 is 6.04 Å². The van der Waals surface area contributed by atoms with Gasteiger partial charge in [-0.2, -0.15) is 0 Å². The minimum absolute atomic E-state index is 0.0122. The summed E-state index contributed by atoms with van der Waals surface area (Å²) < 4.78 is 5.96. The maximum absolute atomic E-state index is 13.7. The van der Waals surface area contributed by atoms with E-state index in [0.29, 0.717) is 18.7 Å². The van der Waals surface area contributed by atoms with Crippen LogP contribution in [-0.4, -0.2) is 35.4 Å². The van der Waals surface area contributed by atoms with Crippen molar-refractivity contribution >= 4 is 11.8 Å². The Morgan fingerprint density at radius 1 is 0.889 bits per heavy atom. The summed E-state index contributed by atoms with van der Waals surface area (Å²) in [6, 6.07) is 23.1. The van der Waals surface area contributed by atoms with Gasteiger partial charge in [-0.15, -0.1) is 0 Å². The van der Waals surface area contributed by atoms with Crippen LogP contribution >= 0.6 is 0 Å². The summed E-state index contributed by atoms with van der Waals surface area (Å²) in [4.78, 5) is 28.9. The number of nitrogens with zero attached hydrogens (tertiary/aromatic N) is 1. The van der Waals surface area contributed by atoms with Crippen molar-refractivity contribution in [3.05, 3.63) is 101 Å². The number of carbonyl (C=O) groups is 2. The molecule has 0 bridgehead atoms. The lowest BCUT2D eigenvalue weighted by atomic mass is 10.0. The second-order valence-corrected chi connectivity index (χ2v) is 9.59. The lowest BCUT2D eigenvalue weighted by molar-refractivity contribution is -0.143. The number of rotatable bonds is 11. The Morgan fingerprint density at radius 2 is 1.58 bits per heavy atom. The van der Waals surface area contributed by atoms with Crippen molar-refractivity contribution in [2.24, 2.45) is 0 Å². The molecule has 3 aromatic carbocycles. The summed E-state index contributed by atoms with van der Waals surface area (Å²) in [5.41, 5.74) is 5.19. The van der Waals surface area contributed by atoms with Gasteiger partial charge in [0, 0.05) is 19.0 Å². The fourth-order valence-corrected chi connectivity index (χ4v) is 4.19. The molecule has 2 amide bonds. The third-order valence-corrected chi connectivity index (χ3v) is 6.39. The zero-order chi connectivity index (χ0) is 26.1. The molecule has 0 aliphatic heterocycles. The highest BCUT2D eigenvalue weighted by Crippen LogP contribution is 2.20. The van der Waals surface area contributed by atoms with Crippen molar-refractivity contribution in [2.75, 3.05) is 6.61 Å². The smallest absolute Gasteiger partial charge is 0.261 e. The molecule has 0 radical (unpaired) electrons. The van der Waals surface area contributed by atoms with E-state index in [-0.39, 0.29) is 24.5 Å². The van der Waals surface area contributed by atoms with E-state index in [2.05, 4.69) is 11.4 Å². The van der Waals surface area contributed by atoms with Crippen LogP contribution in [-0.2, 0) is 22.6 Å². The molecular weight excluding hydrogens is 448 g/mol. The molecule has 0 aliphatic carbocycles. The minimum Gasteiger partial charge on any atom is -0.483 e. The minimum atomic E-state index is -0.669. The van der Waals surface area contributed by atoms with E-state index in [4.69, 9.17) is 4.74 Å². The molecule has 190 valence electrons. The highest BCUT2D eigenvalue weighted by molar-refractivity contribution is 5.88. The quantitative estimate of drug-likeness (QED) is 0.387. The molecule has 5 nitrogen and oxygen atoms in total. The summed E-state index contributed by atoms with van der Waals surface area (Å²) in [6.45, 7) is 10.2. The first-order valence-electron chi connectivity index (χ1n) is 12.7. The van der Waals surface area contributed by atoms with Crippen LogP contribution in [0, 0.1) is 20.8 Å². The molecule has 5 heteroatoms. The third kappa shape index (κ3) is 7.70. The van der Waals surface area contributed by atoms with Crippen LogP contribution in [0.25, 0.3) is 0 Å². The normalized spacial score (nSPS) is 12.5. The second kappa shape index (κ2) is 12.9. The van der Waals surface area contributed by atoms with Gasteiger partial charge in [0.2, 0.25) is 5.91 Å². The van der Waals surface area contributed by atoms with Gasteiger partial charge in [-0.1, -0.05) is 84.8 Å². The number of carbonyl (C=O) groups excluding carboxylic acids is 2. The average molecular weight is 487 g/mol. The van der Waals surface area contributed by atoms with Crippen LogP contribution < -0.4 is 10.1 Å². The van der Waals surface area contributed by atoms with Crippen LogP contribution in [0.4, 0.5) is 0 Å². The largest absolute Gasteiger partial charge is 0.483 e. The average Bonchev–Trinajstić information content (AvgIpc) is 2.86. The van der Waals surface area contributed by atoms with Crippen LogP contribution in [0.15, 0.2) is 72.8 Å². The first-order valence-corrected chi connectivity index (χ1v) is 12.7. The Hall–Kier alpha value is -3.60. The highest BCUT2D eigenvalue weighted by atomic mass is 16.5. The van der Waals surface area contributed by atoms with Gasteiger partial charge >= 0.3 is 0 Å². The number of benzene rings is 3.